The van der Waals surface area contributed by atoms with Crippen LogP contribution in [0.1, 0.15) is 37.7 Å². The van der Waals surface area contributed by atoms with Crippen LogP contribution in [0.3, 0.4) is 0 Å². The highest BCUT2D eigenvalue weighted by atomic mass is 127. The Morgan fingerprint density at radius 1 is 1.09 bits per heavy atom. The number of halogens is 3. The first kappa shape index (κ1) is 24.1. The molecule has 178 valence electrons. The SMILES string of the molecule is CCNC(=NCCCN1C(=O)C2C3C=CC(C3)C2C1=O)NC1CC1c1c(F)cccc1F.I. The third-order valence-electron chi connectivity index (χ3n) is 7.20. The molecule has 1 aliphatic heterocycles. The van der Waals surface area contributed by atoms with Gasteiger partial charge in [0.15, 0.2) is 5.96 Å². The number of hydrogen-bond donors (Lipinski definition) is 2. The van der Waals surface area contributed by atoms with Crippen molar-refractivity contribution in [2.75, 3.05) is 19.6 Å². The smallest absolute Gasteiger partial charge is 0.233 e. The minimum atomic E-state index is -0.519. The summed E-state index contributed by atoms with van der Waals surface area (Å²) in [5, 5.41) is 6.39. The second kappa shape index (κ2) is 9.68. The van der Waals surface area contributed by atoms with Crippen molar-refractivity contribution in [3.63, 3.8) is 0 Å². The largest absolute Gasteiger partial charge is 0.357 e. The fourth-order valence-corrected chi connectivity index (χ4v) is 5.64. The van der Waals surface area contributed by atoms with Crippen LogP contribution in [0.4, 0.5) is 8.78 Å². The van der Waals surface area contributed by atoms with Crippen molar-refractivity contribution in [2.24, 2.45) is 28.7 Å². The number of rotatable bonds is 7. The van der Waals surface area contributed by atoms with Crippen molar-refractivity contribution in [1.29, 1.82) is 0 Å². The minimum absolute atomic E-state index is 0. The molecule has 2 N–H and O–H groups in total. The number of benzene rings is 1. The average molecular weight is 570 g/mol. The van der Waals surface area contributed by atoms with E-state index in [1.165, 1.54) is 23.1 Å². The summed E-state index contributed by atoms with van der Waals surface area (Å²) >= 11 is 0. The first-order valence-electron chi connectivity index (χ1n) is 11.5. The number of hydrogen-bond acceptors (Lipinski definition) is 3. The van der Waals surface area contributed by atoms with Crippen LogP contribution in [-0.4, -0.2) is 48.3 Å². The fraction of sp³-hybridized carbons (Fsp3) is 0.542. The Morgan fingerprint density at radius 2 is 1.73 bits per heavy atom. The first-order chi connectivity index (χ1) is 15.5. The molecule has 9 heteroatoms. The molecule has 1 aromatic carbocycles. The summed E-state index contributed by atoms with van der Waals surface area (Å²) < 4.78 is 28.0. The lowest BCUT2D eigenvalue weighted by atomic mass is 9.85. The molecule has 0 aromatic heterocycles. The predicted octanol–water partition coefficient (Wildman–Crippen LogP) is 3.19. The molecule has 6 atom stereocenters. The summed E-state index contributed by atoms with van der Waals surface area (Å²) in [5.41, 5.74) is 0.126. The molecule has 1 saturated heterocycles. The standard InChI is InChI=1S/C24H28F2N4O2.HI/c1-2-27-24(29-18-12-15(18)21-16(25)5-3-6-17(21)26)28-9-4-10-30-22(31)19-13-7-8-14(11-13)20(19)23(30)32;/h3,5-8,13-15,18-20H,2,4,9-12H2,1H3,(H2,27,28,29);1H. The van der Waals surface area contributed by atoms with E-state index in [0.29, 0.717) is 38.4 Å². The van der Waals surface area contributed by atoms with E-state index in [1.807, 2.05) is 6.92 Å². The van der Waals surface area contributed by atoms with Gasteiger partial charge < -0.3 is 10.6 Å². The molecule has 6 nitrogen and oxygen atoms in total. The fourth-order valence-electron chi connectivity index (χ4n) is 5.64. The van der Waals surface area contributed by atoms with Gasteiger partial charge in [0.05, 0.1) is 11.8 Å². The van der Waals surface area contributed by atoms with Crippen molar-refractivity contribution in [3.8, 4) is 0 Å². The third kappa shape index (κ3) is 4.40. The quantitative estimate of drug-likeness (QED) is 0.132. The van der Waals surface area contributed by atoms with E-state index in [1.54, 1.807) is 0 Å². The molecule has 5 rings (SSSR count). The van der Waals surface area contributed by atoms with E-state index in [0.717, 1.165) is 6.42 Å². The normalized spacial score (nSPS) is 31.6. The number of nitrogens with one attached hydrogen (secondary N) is 2. The predicted molar refractivity (Wildman–Crippen MR) is 131 cm³/mol. The Kier molecular flexibility index (Phi) is 7.07. The van der Waals surface area contributed by atoms with Crippen LogP contribution >= 0.6 is 24.0 Å². The highest BCUT2D eigenvalue weighted by molar-refractivity contribution is 14.0. The lowest BCUT2D eigenvalue weighted by Gasteiger charge is -2.17. The van der Waals surface area contributed by atoms with Gasteiger partial charge in [0.2, 0.25) is 11.8 Å². The van der Waals surface area contributed by atoms with Gasteiger partial charge in [-0.15, -0.1) is 24.0 Å². The van der Waals surface area contributed by atoms with Crippen LogP contribution in [0.15, 0.2) is 35.3 Å². The summed E-state index contributed by atoms with van der Waals surface area (Å²) in [5.74, 6) is -0.615. The van der Waals surface area contributed by atoms with Crippen molar-refractivity contribution in [2.45, 2.75) is 38.1 Å². The first-order valence-corrected chi connectivity index (χ1v) is 11.5. The molecule has 1 heterocycles. The zero-order valence-corrected chi connectivity index (χ0v) is 20.8. The molecule has 4 aliphatic rings. The average Bonchev–Trinajstić information content (AvgIpc) is 3.09. The van der Waals surface area contributed by atoms with E-state index in [4.69, 9.17) is 0 Å². The zero-order chi connectivity index (χ0) is 22.4. The molecule has 2 amide bonds. The Balaban J connectivity index is 0.00000259. The van der Waals surface area contributed by atoms with Gasteiger partial charge >= 0.3 is 0 Å². The maximum absolute atomic E-state index is 14.0. The maximum atomic E-state index is 14.0. The highest BCUT2D eigenvalue weighted by Gasteiger charge is 2.58. The summed E-state index contributed by atoms with van der Waals surface area (Å²) in [6, 6.07) is 3.85. The van der Waals surface area contributed by atoms with Gasteiger partial charge in [-0.25, -0.2) is 8.78 Å². The number of guanidine groups is 1. The third-order valence-corrected chi connectivity index (χ3v) is 7.20. The van der Waals surface area contributed by atoms with E-state index < -0.39 is 11.6 Å². The molecular formula is C24H29F2IN4O2. The van der Waals surface area contributed by atoms with Gasteiger partial charge in [0.25, 0.3) is 0 Å². The van der Waals surface area contributed by atoms with Crippen molar-refractivity contribution in [1.82, 2.24) is 15.5 Å². The maximum Gasteiger partial charge on any atom is 0.233 e. The van der Waals surface area contributed by atoms with Crippen LogP contribution < -0.4 is 10.6 Å². The number of allylic oxidation sites excluding steroid dienone is 2. The summed E-state index contributed by atoms with van der Waals surface area (Å²) in [6.07, 6.45) is 6.33. The zero-order valence-electron chi connectivity index (χ0n) is 18.5. The number of fused-ring (bicyclic) bond motifs is 5. The Morgan fingerprint density at radius 3 is 2.33 bits per heavy atom. The molecule has 6 unspecified atom stereocenters. The van der Waals surface area contributed by atoms with Gasteiger partial charge in [-0.1, -0.05) is 18.2 Å². The van der Waals surface area contributed by atoms with Crippen LogP contribution in [0.25, 0.3) is 0 Å². The van der Waals surface area contributed by atoms with Gasteiger partial charge in [-0.2, -0.15) is 0 Å². The Hall–Kier alpha value is -2.04. The molecule has 2 bridgehead atoms. The molecule has 33 heavy (non-hydrogen) atoms. The molecule has 1 aromatic rings. The van der Waals surface area contributed by atoms with Crippen molar-refractivity contribution >= 4 is 41.8 Å². The van der Waals surface area contributed by atoms with E-state index in [-0.39, 0.29) is 77.0 Å². The topological polar surface area (TPSA) is 73.8 Å². The monoisotopic (exact) mass is 570 g/mol. The highest BCUT2D eigenvalue weighted by Crippen LogP contribution is 2.52. The number of nitrogens with zero attached hydrogens (tertiary/aromatic N) is 2. The van der Waals surface area contributed by atoms with Crippen LogP contribution in [0.5, 0.6) is 0 Å². The summed E-state index contributed by atoms with van der Waals surface area (Å²) in [6.45, 7) is 3.41. The molecule has 2 saturated carbocycles. The van der Waals surface area contributed by atoms with Crippen molar-refractivity contribution < 1.29 is 18.4 Å². The number of likely N-dealkylation sites (tertiary alicyclic amines) is 1. The second-order valence-corrected chi connectivity index (χ2v) is 9.17. The van der Waals surface area contributed by atoms with Gasteiger partial charge in [-0.3, -0.25) is 19.5 Å². The molecular weight excluding hydrogens is 541 g/mol. The molecule has 3 fully saturated rings. The lowest BCUT2D eigenvalue weighted by Crippen LogP contribution is -2.39. The molecule has 3 aliphatic carbocycles. The Labute approximate surface area is 209 Å². The van der Waals surface area contributed by atoms with E-state index in [9.17, 15) is 18.4 Å². The van der Waals surface area contributed by atoms with E-state index >= 15 is 0 Å². The van der Waals surface area contributed by atoms with Gasteiger partial charge in [0.1, 0.15) is 11.6 Å². The number of aliphatic imine (C=N–C) groups is 1. The van der Waals surface area contributed by atoms with Crippen LogP contribution in [0.2, 0.25) is 0 Å². The Bertz CT molecular complexity index is 950. The van der Waals surface area contributed by atoms with Gasteiger partial charge in [0, 0.05) is 37.2 Å². The second-order valence-electron chi connectivity index (χ2n) is 9.17. The number of carbonyl (C=O) groups is 2. The van der Waals surface area contributed by atoms with Crippen LogP contribution in [0, 0.1) is 35.3 Å². The summed E-state index contributed by atoms with van der Waals surface area (Å²) in [7, 11) is 0. The van der Waals surface area contributed by atoms with Gasteiger partial charge in [-0.05, 0) is 50.2 Å². The molecule has 0 radical (unpaired) electrons. The lowest BCUT2D eigenvalue weighted by molar-refractivity contribution is -0.140. The minimum Gasteiger partial charge on any atom is -0.357 e. The number of imide groups is 1. The van der Waals surface area contributed by atoms with Crippen molar-refractivity contribution in [3.05, 3.63) is 47.5 Å². The number of carbonyl (C=O) groups excluding carboxylic acids is 2. The van der Waals surface area contributed by atoms with Crippen LogP contribution in [-0.2, 0) is 9.59 Å². The molecule has 0 spiro atoms. The van der Waals surface area contributed by atoms with E-state index in [2.05, 4.69) is 27.8 Å². The number of amides is 2. The summed E-state index contributed by atoms with van der Waals surface area (Å²) in [4.78, 5) is 31.5.